The Bertz CT molecular complexity index is 762. The van der Waals surface area contributed by atoms with Gasteiger partial charge in [-0.3, -0.25) is 0 Å². The van der Waals surface area contributed by atoms with Crippen LogP contribution >= 0.6 is 23.2 Å². The van der Waals surface area contributed by atoms with Crippen molar-refractivity contribution in [1.29, 1.82) is 0 Å². The van der Waals surface area contributed by atoms with Gasteiger partial charge < -0.3 is 9.84 Å². The van der Waals surface area contributed by atoms with E-state index in [-0.39, 0.29) is 0 Å². The molecule has 1 aliphatic heterocycles. The first kappa shape index (κ1) is 13.9. The highest BCUT2D eigenvalue weighted by atomic mass is 35.5. The number of halogens is 2. The van der Waals surface area contributed by atoms with Gasteiger partial charge >= 0.3 is 0 Å². The molecule has 1 aliphatic rings. The fraction of sp³-hybridized carbons (Fsp3) is 0.0667. The minimum atomic E-state index is 0.460. The fourth-order valence-electron chi connectivity index (χ4n) is 1.87. The standard InChI is InChI=1S/C15H11Cl2N3O/c1-9-2-4-11(8-18-9)15-19-14(20-21-15)7-10-3-5-12(16)13(17)6-10/h2-6,8,18H,1,7H2. The van der Waals surface area contributed by atoms with Gasteiger partial charge in [0.15, 0.2) is 5.82 Å². The van der Waals surface area contributed by atoms with Gasteiger partial charge in [-0.2, -0.15) is 4.98 Å². The van der Waals surface area contributed by atoms with Crippen molar-refractivity contribution in [3.8, 4) is 0 Å². The van der Waals surface area contributed by atoms with E-state index in [0.717, 1.165) is 16.8 Å². The normalized spacial score (nSPS) is 14.0. The first-order chi connectivity index (χ1) is 10.1. The third-order valence-corrected chi connectivity index (χ3v) is 3.68. The van der Waals surface area contributed by atoms with Crippen LogP contribution in [0.5, 0.6) is 0 Å². The Labute approximate surface area is 131 Å². The Morgan fingerprint density at radius 3 is 2.76 bits per heavy atom. The smallest absolute Gasteiger partial charge is 0.259 e. The summed E-state index contributed by atoms with van der Waals surface area (Å²) >= 11 is 11.9. The van der Waals surface area contributed by atoms with Crippen LogP contribution in [0.15, 0.2) is 53.4 Å². The number of allylic oxidation sites excluding steroid dienone is 3. The minimum Gasteiger partial charge on any atom is -0.361 e. The molecule has 21 heavy (non-hydrogen) atoms. The maximum Gasteiger partial charge on any atom is 0.259 e. The molecule has 0 atom stereocenters. The summed E-state index contributed by atoms with van der Waals surface area (Å²) in [6.07, 6.45) is 6.02. The number of nitrogens with zero attached hydrogens (tertiary/aromatic N) is 2. The van der Waals surface area contributed by atoms with E-state index in [1.165, 1.54) is 0 Å². The molecule has 0 fully saturated rings. The first-order valence-corrected chi connectivity index (χ1v) is 6.98. The summed E-state index contributed by atoms with van der Waals surface area (Å²) < 4.78 is 5.26. The summed E-state index contributed by atoms with van der Waals surface area (Å²) in [4.78, 5) is 4.36. The second-order valence-corrected chi connectivity index (χ2v) is 5.36. The topological polar surface area (TPSA) is 51.0 Å². The lowest BCUT2D eigenvalue weighted by Gasteiger charge is -2.06. The first-order valence-electron chi connectivity index (χ1n) is 6.22. The van der Waals surface area contributed by atoms with E-state index in [9.17, 15) is 0 Å². The Morgan fingerprint density at radius 1 is 1.19 bits per heavy atom. The number of hydrogen-bond donors (Lipinski definition) is 1. The molecule has 1 aromatic heterocycles. The van der Waals surface area contributed by atoms with Crippen LogP contribution in [0.4, 0.5) is 0 Å². The van der Waals surface area contributed by atoms with Crippen molar-refractivity contribution in [2.45, 2.75) is 6.42 Å². The maximum atomic E-state index is 5.99. The molecule has 1 aromatic carbocycles. The molecule has 2 aromatic rings. The van der Waals surface area contributed by atoms with Gasteiger partial charge in [0, 0.05) is 18.3 Å². The Kier molecular flexibility index (Phi) is 3.82. The van der Waals surface area contributed by atoms with Gasteiger partial charge in [-0.15, -0.1) is 0 Å². The van der Waals surface area contributed by atoms with Crippen molar-refractivity contribution in [2.24, 2.45) is 0 Å². The zero-order chi connectivity index (χ0) is 14.8. The van der Waals surface area contributed by atoms with Gasteiger partial charge in [-0.25, -0.2) is 0 Å². The van der Waals surface area contributed by atoms with Crippen LogP contribution in [0.2, 0.25) is 10.0 Å². The van der Waals surface area contributed by atoms with Crippen molar-refractivity contribution in [3.05, 3.63) is 76.2 Å². The number of dihydropyridines is 1. The van der Waals surface area contributed by atoms with Gasteiger partial charge in [0.25, 0.3) is 5.89 Å². The zero-order valence-corrected chi connectivity index (χ0v) is 12.4. The van der Waals surface area contributed by atoms with Crippen molar-refractivity contribution in [2.75, 3.05) is 0 Å². The van der Waals surface area contributed by atoms with E-state index < -0.39 is 0 Å². The second-order valence-electron chi connectivity index (χ2n) is 4.54. The van der Waals surface area contributed by atoms with Crippen molar-refractivity contribution < 1.29 is 4.52 Å². The maximum absolute atomic E-state index is 5.99. The quantitative estimate of drug-likeness (QED) is 0.929. The van der Waals surface area contributed by atoms with Crippen LogP contribution in [0, 0.1) is 0 Å². The molecule has 3 rings (SSSR count). The highest BCUT2D eigenvalue weighted by Crippen LogP contribution is 2.24. The van der Waals surface area contributed by atoms with E-state index in [1.54, 1.807) is 18.3 Å². The van der Waals surface area contributed by atoms with Gasteiger partial charge in [0.1, 0.15) is 0 Å². The van der Waals surface area contributed by atoms with Crippen molar-refractivity contribution >= 4 is 28.8 Å². The molecule has 4 nitrogen and oxygen atoms in total. The molecular weight excluding hydrogens is 309 g/mol. The largest absolute Gasteiger partial charge is 0.361 e. The van der Waals surface area contributed by atoms with Gasteiger partial charge in [-0.05, 0) is 29.8 Å². The van der Waals surface area contributed by atoms with Crippen molar-refractivity contribution in [3.63, 3.8) is 0 Å². The third kappa shape index (κ3) is 3.17. The van der Waals surface area contributed by atoms with Gasteiger partial charge in [-0.1, -0.05) is 41.0 Å². The van der Waals surface area contributed by atoms with E-state index in [0.29, 0.717) is 28.2 Å². The molecular formula is C15H11Cl2N3O. The molecule has 0 spiro atoms. The molecule has 2 heterocycles. The average molecular weight is 320 g/mol. The lowest BCUT2D eigenvalue weighted by Crippen LogP contribution is -2.05. The van der Waals surface area contributed by atoms with Gasteiger partial charge in [0.2, 0.25) is 0 Å². The molecule has 0 saturated heterocycles. The molecule has 0 amide bonds. The van der Waals surface area contributed by atoms with Crippen LogP contribution in [0.25, 0.3) is 5.57 Å². The molecule has 106 valence electrons. The number of benzene rings is 1. The number of hydrogen-bond acceptors (Lipinski definition) is 4. The average Bonchev–Trinajstić information content (AvgIpc) is 2.92. The molecule has 6 heteroatoms. The summed E-state index contributed by atoms with van der Waals surface area (Å²) in [5.41, 5.74) is 2.60. The Hall–Kier alpha value is -2.04. The van der Waals surface area contributed by atoms with Crippen LogP contribution in [0.3, 0.4) is 0 Å². The Balaban J connectivity index is 1.77. The number of aromatic nitrogens is 2. The van der Waals surface area contributed by atoms with E-state index >= 15 is 0 Å². The number of nitrogens with one attached hydrogen (secondary N) is 1. The summed E-state index contributed by atoms with van der Waals surface area (Å²) in [5, 5.41) is 8.01. The van der Waals surface area contributed by atoms with E-state index in [1.807, 2.05) is 18.2 Å². The molecule has 0 bridgehead atoms. The Morgan fingerprint density at radius 2 is 2.05 bits per heavy atom. The lowest BCUT2D eigenvalue weighted by atomic mass is 10.1. The highest BCUT2D eigenvalue weighted by Gasteiger charge is 2.12. The summed E-state index contributed by atoms with van der Waals surface area (Å²) in [6.45, 7) is 3.79. The van der Waals surface area contributed by atoms with Crippen LogP contribution in [0.1, 0.15) is 17.3 Å². The summed E-state index contributed by atoms with van der Waals surface area (Å²) in [5.74, 6) is 1.04. The lowest BCUT2D eigenvalue weighted by molar-refractivity contribution is 0.402. The molecule has 0 saturated carbocycles. The SMILES string of the molecule is C=C1C=CC(c2nc(Cc3ccc(Cl)c(Cl)c3)no2)=CN1. The second kappa shape index (κ2) is 5.76. The van der Waals surface area contributed by atoms with E-state index in [2.05, 4.69) is 22.0 Å². The predicted octanol–water partition coefficient (Wildman–Crippen LogP) is 3.98. The summed E-state index contributed by atoms with van der Waals surface area (Å²) in [6, 6.07) is 5.43. The van der Waals surface area contributed by atoms with Gasteiger partial charge in [0.05, 0.1) is 15.6 Å². The highest BCUT2D eigenvalue weighted by molar-refractivity contribution is 6.42. The van der Waals surface area contributed by atoms with Crippen LogP contribution in [-0.2, 0) is 6.42 Å². The number of rotatable bonds is 3. The minimum absolute atomic E-state index is 0.460. The third-order valence-electron chi connectivity index (χ3n) is 2.94. The van der Waals surface area contributed by atoms with Crippen LogP contribution < -0.4 is 5.32 Å². The molecule has 0 radical (unpaired) electrons. The molecule has 0 unspecified atom stereocenters. The monoisotopic (exact) mass is 319 g/mol. The van der Waals surface area contributed by atoms with E-state index in [4.69, 9.17) is 27.7 Å². The fourth-order valence-corrected chi connectivity index (χ4v) is 2.19. The zero-order valence-electron chi connectivity index (χ0n) is 10.9. The molecule has 1 N–H and O–H groups in total. The van der Waals surface area contributed by atoms with Crippen molar-refractivity contribution in [1.82, 2.24) is 15.5 Å². The van der Waals surface area contributed by atoms with Crippen LogP contribution in [-0.4, -0.2) is 10.1 Å². The predicted molar refractivity (Wildman–Crippen MR) is 83.0 cm³/mol. The summed E-state index contributed by atoms with van der Waals surface area (Å²) in [7, 11) is 0. The molecule has 0 aliphatic carbocycles.